The molecule has 3 aromatic rings. The molecule has 8 heteroatoms. The molecule has 1 atom stereocenters. The van der Waals surface area contributed by atoms with Gasteiger partial charge in [-0.2, -0.15) is 5.10 Å². The van der Waals surface area contributed by atoms with Crippen LogP contribution in [0.2, 0.25) is 0 Å². The van der Waals surface area contributed by atoms with Crippen molar-refractivity contribution in [3.63, 3.8) is 0 Å². The van der Waals surface area contributed by atoms with Crippen molar-refractivity contribution in [1.29, 1.82) is 0 Å². The summed E-state index contributed by atoms with van der Waals surface area (Å²) in [5, 5.41) is 6.28. The monoisotopic (exact) mass is 370 g/mol. The lowest BCUT2D eigenvalue weighted by atomic mass is 9.96. The SMILES string of the molecule is CCn1cc(C(=O)N2CCC[C@@H](c3nccn3Cc3cscn3)C2)cn1. The van der Waals surface area contributed by atoms with Crippen molar-refractivity contribution in [2.24, 2.45) is 0 Å². The second-order valence-electron chi connectivity index (χ2n) is 6.57. The quantitative estimate of drug-likeness (QED) is 0.692. The minimum atomic E-state index is 0.0620. The van der Waals surface area contributed by atoms with E-state index in [2.05, 4.69) is 25.0 Å². The zero-order chi connectivity index (χ0) is 17.9. The van der Waals surface area contributed by atoms with Crippen LogP contribution in [0.3, 0.4) is 0 Å². The molecule has 0 radical (unpaired) electrons. The maximum atomic E-state index is 12.8. The summed E-state index contributed by atoms with van der Waals surface area (Å²) in [5.74, 6) is 1.36. The van der Waals surface area contributed by atoms with Gasteiger partial charge >= 0.3 is 0 Å². The van der Waals surface area contributed by atoms with E-state index in [9.17, 15) is 4.79 Å². The van der Waals surface area contributed by atoms with Gasteiger partial charge in [-0.15, -0.1) is 11.3 Å². The maximum absolute atomic E-state index is 12.8. The molecule has 0 N–H and O–H groups in total. The summed E-state index contributed by atoms with van der Waals surface area (Å²) >= 11 is 1.60. The largest absolute Gasteiger partial charge is 0.338 e. The summed E-state index contributed by atoms with van der Waals surface area (Å²) in [6.45, 7) is 5.00. The second kappa shape index (κ2) is 7.41. The number of nitrogens with zero attached hydrogens (tertiary/aromatic N) is 6. The summed E-state index contributed by atoms with van der Waals surface area (Å²) in [7, 11) is 0. The van der Waals surface area contributed by atoms with Crippen molar-refractivity contribution in [3.8, 4) is 0 Å². The molecule has 1 aliphatic rings. The van der Waals surface area contributed by atoms with E-state index in [0.29, 0.717) is 12.1 Å². The number of piperidine rings is 1. The molecule has 4 rings (SSSR count). The zero-order valence-corrected chi connectivity index (χ0v) is 15.6. The van der Waals surface area contributed by atoms with Crippen molar-refractivity contribution < 1.29 is 4.79 Å². The molecule has 0 aliphatic carbocycles. The van der Waals surface area contributed by atoms with Crippen LogP contribution < -0.4 is 0 Å². The fourth-order valence-corrected chi connectivity index (χ4v) is 4.06. The molecule has 136 valence electrons. The lowest BCUT2D eigenvalue weighted by Crippen LogP contribution is -2.39. The lowest BCUT2D eigenvalue weighted by Gasteiger charge is -2.32. The number of hydrogen-bond donors (Lipinski definition) is 0. The third-order valence-electron chi connectivity index (χ3n) is 4.84. The number of aryl methyl sites for hydroxylation is 1. The Morgan fingerprint density at radius 1 is 1.38 bits per heavy atom. The zero-order valence-electron chi connectivity index (χ0n) is 14.8. The summed E-state index contributed by atoms with van der Waals surface area (Å²) < 4.78 is 3.94. The van der Waals surface area contributed by atoms with Crippen LogP contribution in [0.15, 0.2) is 35.7 Å². The van der Waals surface area contributed by atoms with Gasteiger partial charge in [-0.3, -0.25) is 9.48 Å². The van der Waals surface area contributed by atoms with Gasteiger partial charge in [0.1, 0.15) is 5.82 Å². The van der Waals surface area contributed by atoms with Crippen LogP contribution in [0.4, 0.5) is 0 Å². The molecule has 26 heavy (non-hydrogen) atoms. The van der Waals surface area contributed by atoms with E-state index in [-0.39, 0.29) is 11.8 Å². The van der Waals surface area contributed by atoms with Gasteiger partial charge in [-0.05, 0) is 19.8 Å². The molecule has 1 saturated heterocycles. The first-order valence-corrected chi connectivity index (χ1v) is 9.88. The van der Waals surface area contributed by atoms with Gasteiger partial charge in [0.15, 0.2) is 0 Å². The van der Waals surface area contributed by atoms with Crippen molar-refractivity contribution in [2.45, 2.75) is 38.8 Å². The van der Waals surface area contributed by atoms with Gasteiger partial charge < -0.3 is 9.47 Å². The highest BCUT2D eigenvalue weighted by Gasteiger charge is 2.28. The van der Waals surface area contributed by atoms with Gasteiger partial charge in [0.05, 0.1) is 29.5 Å². The Bertz CT molecular complexity index is 868. The first-order valence-electron chi connectivity index (χ1n) is 8.94. The average molecular weight is 370 g/mol. The molecule has 3 aromatic heterocycles. The molecular weight excluding hydrogens is 348 g/mol. The Morgan fingerprint density at radius 3 is 3.08 bits per heavy atom. The van der Waals surface area contributed by atoms with Crippen LogP contribution in [0, 0.1) is 0 Å². The topological polar surface area (TPSA) is 68.8 Å². The predicted octanol–water partition coefficient (Wildman–Crippen LogP) is 2.62. The summed E-state index contributed by atoms with van der Waals surface area (Å²) in [5.41, 5.74) is 3.56. The molecule has 1 amide bonds. The third-order valence-corrected chi connectivity index (χ3v) is 5.48. The van der Waals surface area contributed by atoms with Crippen molar-refractivity contribution in [2.75, 3.05) is 13.1 Å². The number of likely N-dealkylation sites (tertiary alicyclic amines) is 1. The number of amides is 1. The Labute approximate surface area is 156 Å². The molecular formula is C18H22N6OS. The van der Waals surface area contributed by atoms with Crippen LogP contribution >= 0.6 is 11.3 Å². The molecule has 0 unspecified atom stereocenters. The normalized spacial score (nSPS) is 17.6. The highest BCUT2D eigenvalue weighted by Crippen LogP contribution is 2.27. The minimum Gasteiger partial charge on any atom is -0.338 e. The van der Waals surface area contributed by atoms with E-state index >= 15 is 0 Å². The number of carbonyl (C=O) groups is 1. The number of imidazole rings is 1. The molecule has 0 aromatic carbocycles. The van der Waals surface area contributed by atoms with Crippen LogP contribution in [0.1, 0.15) is 47.6 Å². The van der Waals surface area contributed by atoms with Gasteiger partial charge in [-0.1, -0.05) is 0 Å². The molecule has 7 nitrogen and oxygen atoms in total. The molecule has 0 saturated carbocycles. The number of hydrogen-bond acceptors (Lipinski definition) is 5. The number of carbonyl (C=O) groups excluding carboxylic acids is 1. The van der Waals surface area contributed by atoms with E-state index in [4.69, 9.17) is 0 Å². The van der Waals surface area contributed by atoms with Crippen molar-refractivity contribution >= 4 is 17.2 Å². The maximum Gasteiger partial charge on any atom is 0.257 e. The summed E-state index contributed by atoms with van der Waals surface area (Å²) in [6, 6.07) is 0. The number of rotatable bonds is 5. The predicted molar refractivity (Wildman–Crippen MR) is 99.2 cm³/mol. The van der Waals surface area contributed by atoms with Gasteiger partial charge in [0.2, 0.25) is 0 Å². The van der Waals surface area contributed by atoms with Gasteiger partial charge in [-0.25, -0.2) is 9.97 Å². The van der Waals surface area contributed by atoms with Crippen molar-refractivity contribution in [1.82, 2.24) is 29.2 Å². The van der Waals surface area contributed by atoms with Gasteiger partial charge in [0.25, 0.3) is 5.91 Å². The first-order chi connectivity index (χ1) is 12.7. The van der Waals surface area contributed by atoms with E-state index in [1.165, 1.54) is 0 Å². The highest BCUT2D eigenvalue weighted by molar-refractivity contribution is 7.07. The van der Waals surface area contributed by atoms with Gasteiger partial charge in [0, 0.05) is 49.5 Å². The van der Waals surface area contributed by atoms with Crippen LogP contribution in [-0.2, 0) is 13.1 Å². The molecule has 0 spiro atoms. The third kappa shape index (κ3) is 3.41. The average Bonchev–Trinajstić information content (AvgIpc) is 3.43. The number of thiazole rings is 1. The second-order valence-corrected chi connectivity index (χ2v) is 7.29. The summed E-state index contributed by atoms with van der Waals surface area (Å²) in [6.07, 6.45) is 9.37. The molecule has 1 aliphatic heterocycles. The fraction of sp³-hybridized carbons (Fsp3) is 0.444. The van der Waals surface area contributed by atoms with Crippen molar-refractivity contribution in [3.05, 3.63) is 52.8 Å². The minimum absolute atomic E-state index is 0.0620. The Kier molecular flexibility index (Phi) is 4.83. The van der Waals surface area contributed by atoms with Crippen LogP contribution in [0.5, 0.6) is 0 Å². The first kappa shape index (κ1) is 17.0. The van der Waals surface area contributed by atoms with E-state index in [1.807, 2.05) is 35.9 Å². The fourth-order valence-electron chi connectivity index (χ4n) is 3.51. The Balaban J connectivity index is 1.49. The van der Waals surface area contributed by atoms with E-state index in [1.54, 1.807) is 22.2 Å². The highest BCUT2D eigenvalue weighted by atomic mass is 32.1. The van der Waals surface area contributed by atoms with Crippen LogP contribution in [0.25, 0.3) is 0 Å². The van der Waals surface area contributed by atoms with E-state index in [0.717, 1.165) is 44.0 Å². The lowest BCUT2D eigenvalue weighted by molar-refractivity contribution is 0.0703. The molecule has 1 fully saturated rings. The van der Waals surface area contributed by atoms with E-state index < -0.39 is 0 Å². The number of aromatic nitrogens is 5. The Hall–Kier alpha value is -2.48. The van der Waals surface area contributed by atoms with Crippen LogP contribution in [-0.4, -0.2) is 48.2 Å². The standard InChI is InChI=1S/C18H22N6OS/c1-2-24-10-15(8-21-24)18(25)23-6-3-4-14(9-23)17-19-5-7-22(17)11-16-12-26-13-20-16/h5,7-8,10,12-14H,2-4,6,9,11H2,1H3/t14-/m1/s1. The smallest absolute Gasteiger partial charge is 0.257 e. The summed E-state index contributed by atoms with van der Waals surface area (Å²) in [4.78, 5) is 23.7. The Morgan fingerprint density at radius 2 is 2.31 bits per heavy atom. The molecule has 0 bridgehead atoms. The molecule has 4 heterocycles.